The second-order valence-electron chi connectivity index (χ2n) is 5.67. The molecule has 2 rings (SSSR count). The Bertz CT molecular complexity index is 652. The SMILES string of the molecule is CCCC[C@H](CC)C(=O)c1ccccc1Oc1cccc(F)c1. The van der Waals surface area contributed by atoms with E-state index in [1.807, 2.05) is 19.1 Å². The van der Waals surface area contributed by atoms with E-state index in [1.165, 1.54) is 12.1 Å². The molecular formula is C20H23FO2. The van der Waals surface area contributed by atoms with Gasteiger partial charge in [-0.25, -0.2) is 4.39 Å². The third-order valence-electron chi connectivity index (χ3n) is 3.95. The second-order valence-corrected chi connectivity index (χ2v) is 5.67. The lowest BCUT2D eigenvalue weighted by atomic mass is 9.90. The number of hydrogen-bond donors (Lipinski definition) is 0. The van der Waals surface area contributed by atoms with Crippen LogP contribution < -0.4 is 4.74 Å². The van der Waals surface area contributed by atoms with E-state index in [0.29, 0.717) is 17.1 Å². The van der Waals surface area contributed by atoms with Crippen LogP contribution in [-0.4, -0.2) is 5.78 Å². The molecule has 0 bridgehead atoms. The molecule has 0 saturated carbocycles. The first-order valence-corrected chi connectivity index (χ1v) is 8.22. The van der Waals surface area contributed by atoms with E-state index in [1.54, 1.807) is 24.3 Å². The number of Topliss-reactive ketones (excluding diaryl/α,β-unsaturated/α-hetero) is 1. The van der Waals surface area contributed by atoms with Gasteiger partial charge in [0.15, 0.2) is 5.78 Å². The van der Waals surface area contributed by atoms with Crippen LogP contribution in [0.25, 0.3) is 0 Å². The molecule has 2 aromatic rings. The molecule has 0 radical (unpaired) electrons. The molecule has 2 nitrogen and oxygen atoms in total. The Labute approximate surface area is 137 Å². The molecule has 0 N–H and O–H groups in total. The van der Waals surface area contributed by atoms with Crippen molar-refractivity contribution in [2.75, 3.05) is 0 Å². The van der Waals surface area contributed by atoms with Crippen molar-refractivity contribution in [1.82, 2.24) is 0 Å². The second kappa shape index (κ2) is 8.47. The molecule has 0 aliphatic carbocycles. The van der Waals surface area contributed by atoms with Crippen molar-refractivity contribution in [2.45, 2.75) is 39.5 Å². The summed E-state index contributed by atoms with van der Waals surface area (Å²) in [4.78, 5) is 12.8. The fourth-order valence-electron chi connectivity index (χ4n) is 2.61. The maximum atomic E-state index is 13.3. The van der Waals surface area contributed by atoms with Crippen LogP contribution in [0.5, 0.6) is 11.5 Å². The maximum Gasteiger partial charge on any atom is 0.169 e. The van der Waals surface area contributed by atoms with Gasteiger partial charge < -0.3 is 4.74 Å². The average molecular weight is 314 g/mol. The van der Waals surface area contributed by atoms with E-state index < -0.39 is 0 Å². The largest absolute Gasteiger partial charge is 0.457 e. The first-order valence-electron chi connectivity index (χ1n) is 8.22. The quantitative estimate of drug-likeness (QED) is 0.557. The lowest BCUT2D eigenvalue weighted by Gasteiger charge is -2.16. The van der Waals surface area contributed by atoms with E-state index >= 15 is 0 Å². The minimum absolute atomic E-state index is 0.00668. The summed E-state index contributed by atoms with van der Waals surface area (Å²) in [7, 11) is 0. The highest BCUT2D eigenvalue weighted by molar-refractivity contribution is 6.00. The molecule has 0 aliphatic rings. The Morgan fingerprint density at radius 2 is 1.91 bits per heavy atom. The number of carbonyl (C=O) groups is 1. The van der Waals surface area contributed by atoms with Crippen LogP contribution in [0.4, 0.5) is 4.39 Å². The van der Waals surface area contributed by atoms with Crippen molar-refractivity contribution in [3.63, 3.8) is 0 Å². The van der Waals surface area contributed by atoms with Gasteiger partial charge in [-0.3, -0.25) is 4.79 Å². The van der Waals surface area contributed by atoms with Crippen LogP contribution in [-0.2, 0) is 0 Å². The molecule has 0 aromatic heterocycles. The van der Waals surface area contributed by atoms with Crippen LogP contribution in [0, 0.1) is 11.7 Å². The summed E-state index contributed by atoms with van der Waals surface area (Å²) in [6.07, 6.45) is 3.82. The van der Waals surface area contributed by atoms with Gasteiger partial charge in [0.1, 0.15) is 17.3 Å². The number of para-hydroxylation sites is 1. The van der Waals surface area contributed by atoms with Crippen molar-refractivity contribution in [3.8, 4) is 11.5 Å². The van der Waals surface area contributed by atoms with E-state index in [0.717, 1.165) is 25.7 Å². The molecule has 122 valence electrons. The van der Waals surface area contributed by atoms with Gasteiger partial charge in [-0.2, -0.15) is 0 Å². The number of halogens is 1. The lowest BCUT2D eigenvalue weighted by molar-refractivity contribution is 0.0906. The number of hydrogen-bond acceptors (Lipinski definition) is 2. The predicted octanol–water partition coefficient (Wildman–Crippen LogP) is 6.02. The van der Waals surface area contributed by atoms with Gasteiger partial charge >= 0.3 is 0 Å². The molecule has 0 saturated heterocycles. The van der Waals surface area contributed by atoms with Crippen LogP contribution in [0.2, 0.25) is 0 Å². The van der Waals surface area contributed by atoms with Gasteiger partial charge in [0.05, 0.1) is 5.56 Å². The molecule has 0 aliphatic heterocycles. The Morgan fingerprint density at radius 3 is 2.61 bits per heavy atom. The monoisotopic (exact) mass is 314 g/mol. The number of ketones is 1. The fraction of sp³-hybridized carbons (Fsp3) is 0.350. The Balaban J connectivity index is 2.24. The van der Waals surface area contributed by atoms with E-state index in [-0.39, 0.29) is 17.5 Å². The third-order valence-corrected chi connectivity index (χ3v) is 3.95. The zero-order chi connectivity index (χ0) is 16.7. The van der Waals surface area contributed by atoms with Gasteiger partial charge in [-0.15, -0.1) is 0 Å². The number of carbonyl (C=O) groups excluding carboxylic acids is 1. The highest BCUT2D eigenvalue weighted by Gasteiger charge is 2.21. The summed E-state index contributed by atoms with van der Waals surface area (Å²) in [5, 5.41) is 0. The molecular weight excluding hydrogens is 291 g/mol. The van der Waals surface area contributed by atoms with Crippen LogP contribution in [0.15, 0.2) is 48.5 Å². The van der Waals surface area contributed by atoms with E-state index in [4.69, 9.17) is 4.74 Å². The standard InChI is InChI=1S/C20H23FO2/c1-3-5-9-15(4-2)20(22)18-12-6-7-13-19(18)23-17-11-8-10-16(21)14-17/h6-8,10-15H,3-5,9H2,1-2H3/t15-/m0/s1. The summed E-state index contributed by atoms with van der Waals surface area (Å²) in [5.41, 5.74) is 0.569. The molecule has 2 aromatic carbocycles. The molecule has 23 heavy (non-hydrogen) atoms. The zero-order valence-electron chi connectivity index (χ0n) is 13.7. The topological polar surface area (TPSA) is 26.3 Å². The highest BCUT2D eigenvalue weighted by Crippen LogP contribution is 2.29. The minimum atomic E-state index is -0.360. The van der Waals surface area contributed by atoms with Crippen molar-refractivity contribution in [1.29, 1.82) is 0 Å². The summed E-state index contributed by atoms with van der Waals surface area (Å²) in [5.74, 6) is 0.630. The summed E-state index contributed by atoms with van der Waals surface area (Å²) >= 11 is 0. The number of rotatable bonds is 8. The molecule has 0 heterocycles. The maximum absolute atomic E-state index is 13.3. The highest BCUT2D eigenvalue weighted by atomic mass is 19.1. The smallest absolute Gasteiger partial charge is 0.169 e. The third kappa shape index (κ3) is 4.65. The molecule has 0 amide bonds. The first-order chi connectivity index (χ1) is 11.2. The number of unbranched alkanes of at least 4 members (excludes halogenated alkanes) is 1. The van der Waals surface area contributed by atoms with Crippen molar-refractivity contribution < 1.29 is 13.9 Å². The van der Waals surface area contributed by atoms with Crippen molar-refractivity contribution >= 4 is 5.78 Å². The minimum Gasteiger partial charge on any atom is -0.457 e. The molecule has 1 atom stereocenters. The normalized spacial score (nSPS) is 12.0. The van der Waals surface area contributed by atoms with Gasteiger partial charge in [0.25, 0.3) is 0 Å². The van der Waals surface area contributed by atoms with Crippen molar-refractivity contribution in [2.24, 2.45) is 5.92 Å². The van der Waals surface area contributed by atoms with Crippen LogP contribution >= 0.6 is 0 Å². The molecule has 3 heteroatoms. The van der Waals surface area contributed by atoms with Crippen LogP contribution in [0.3, 0.4) is 0 Å². The predicted molar refractivity (Wildman–Crippen MR) is 90.6 cm³/mol. The van der Waals surface area contributed by atoms with Gasteiger partial charge in [-0.1, -0.05) is 44.9 Å². The summed E-state index contributed by atoms with van der Waals surface area (Å²) in [6.45, 7) is 4.16. The molecule has 0 unspecified atom stereocenters. The van der Waals surface area contributed by atoms with E-state index in [9.17, 15) is 9.18 Å². The molecule has 0 spiro atoms. The fourth-order valence-corrected chi connectivity index (χ4v) is 2.61. The Kier molecular flexibility index (Phi) is 6.33. The van der Waals surface area contributed by atoms with Crippen molar-refractivity contribution in [3.05, 3.63) is 59.9 Å². The number of ether oxygens (including phenoxy) is 1. The Hall–Kier alpha value is -2.16. The first kappa shape index (κ1) is 17.2. The molecule has 0 fully saturated rings. The zero-order valence-corrected chi connectivity index (χ0v) is 13.7. The summed E-state index contributed by atoms with van der Waals surface area (Å²) < 4.78 is 19.1. The van der Waals surface area contributed by atoms with Gasteiger partial charge in [0.2, 0.25) is 0 Å². The lowest BCUT2D eigenvalue weighted by Crippen LogP contribution is -2.15. The van der Waals surface area contributed by atoms with E-state index in [2.05, 4.69) is 6.92 Å². The van der Waals surface area contributed by atoms with Gasteiger partial charge in [-0.05, 0) is 37.1 Å². The van der Waals surface area contributed by atoms with Crippen LogP contribution in [0.1, 0.15) is 49.9 Å². The summed E-state index contributed by atoms with van der Waals surface area (Å²) in [6, 6.07) is 13.1. The number of benzene rings is 2. The average Bonchev–Trinajstić information content (AvgIpc) is 2.56. The van der Waals surface area contributed by atoms with Gasteiger partial charge in [0, 0.05) is 12.0 Å². The Morgan fingerprint density at radius 1 is 1.13 bits per heavy atom.